The second-order valence-electron chi connectivity index (χ2n) is 4.09. The van der Waals surface area contributed by atoms with Crippen molar-refractivity contribution < 1.29 is 18.3 Å². The molecule has 0 aliphatic heterocycles. The molecule has 0 aromatic heterocycles. The van der Waals surface area contributed by atoms with E-state index in [1.54, 1.807) is 6.07 Å². The summed E-state index contributed by atoms with van der Waals surface area (Å²) in [6.45, 7) is -0.154. The summed E-state index contributed by atoms with van der Waals surface area (Å²) < 4.78 is 32.1. The molecule has 0 unspecified atom stereocenters. The van der Waals surface area contributed by atoms with E-state index in [2.05, 4.69) is 15.9 Å². The normalized spacial score (nSPS) is 10.3. The number of anilines is 1. The van der Waals surface area contributed by atoms with Gasteiger partial charge in [-0.1, -0.05) is 15.9 Å². The van der Waals surface area contributed by atoms with E-state index in [0.717, 1.165) is 6.07 Å². The molecule has 2 N–H and O–H groups in total. The summed E-state index contributed by atoms with van der Waals surface area (Å²) in [5.74, 6) is -2.04. The molecule has 0 radical (unpaired) electrons. The largest absolute Gasteiger partial charge is 0.457 e. The molecule has 3 nitrogen and oxygen atoms in total. The topological polar surface area (TPSA) is 52.3 Å². The fraction of sp³-hybridized carbons (Fsp3) is 0.0714. The van der Waals surface area contributed by atoms with Gasteiger partial charge in [0.1, 0.15) is 18.2 Å². The fourth-order valence-corrected chi connectivity index (χ4v) is 2.13. The first-order valence-corrected chi connectivity index (χ1v) is 6.42. The molecule has 0 spiro atoms. The number of rotatable bonds is 3. The van der Waals surface area contributed by atoms with Gasteiger partial charge >= 0.3 is 5.97 Å². The minimum atomic E-state index is -0.831. The number of esters is 1. The fourth-order valence-electron chi connectivity index (χ4n) is 1.62. The minimum absolute atomic E-state index is 0.154. The first-order chi connectivity index (χ1) is 9.45. The minimum Gasteiger partial charge on any atom is -0.457 e. The first kappa shape index (κ1) is 14.5. The molecule has 104 valence electrons. The molecule has 0 aliphatic rings. The molecule has 2 aromatic carbocycles. The maximum Gasteiger partial charge on any atom is 0.341 e. The smallest absolute Gasteiger partial charge is 0.341 e. The molecule has 2 aromatic rings. The molecule has 0 heterocycles. The lowest BCUT2D eigenvalue weighted by molar-refractivity contribution is 0.0467. The average Bonchev–Trinajstić information content (AvgIpc) is 2.35. The van der Waals surface area contributed by atoms with E-state index in [-0.39, 0.29) is 17.9 Å². The molecule has 0 aliphatic carbocycles. The molecule has 6 heteroatoms. The molecule has 0 bridgehead atoms. The number of hydrogen-bond donors (Lipinski definition) is 1. The van der Waals surface area contributed by atoms with Gasteiger partial charge in [0.05, 0.1) is 5.56 Å². The monoisotopic (exact) mass is 341 g/mol. The van der Waals surface area contributed by atoms with Crippen LogP contribution in [0.2, 0.25) is 0 Å². The van der Waals surface area contributed by atoms with Crippen LogP contribution < -0.4 is 5.73 Å². The van der Waals surface area contributed by atoms with Gasteiger partial charge < -0.3 is 10.5 Å². The first-order valence-electron chi connectivity index (χ1n) is 5.63. The summed E-state index contributed by atoms with van der Waals surface area (Å²) in [6, 6.07) is 7.81. The highest BCUT2D eigenvalue weighted by molar-refractivity contribution is 9.10. The van der Waals surface area contributed by atoms with Gasteiger partial charge in [0.2, 0.25) is 0 Å². The van der Waals surface area contributed by atoms with Crippen molar-refractivity contribution in [3.05, 3.63) is 63.6 Å². The van der Waals surface area contributed by atoms with Crippen molar-refractivity contribution in [3.63, 3.8) is 0 Å². The molecule has 0 saturated heterocycles. The zero-order chi connectivity index (χ0) is 14.7. The van der Waals surface area contributed by atoms with E-state index in [0.29, 0.717) is 10.0 Å². The van der Waals surface area contributed by atoms with E-state index >= 15 is 0 Å². The van der Waals surface area contributed by atoms with Crippen LogP contribution >= 0.6 is 15.9 Å². The van der Waals surface area contributed by atoms with E-state index in [1.807, 2.05) is 0 Å². The summed E-state index contributed by atoms with van der Waals surface area (Å²) in [7, 11) is 0. The zero-order valence-electron chi connectivity index (χ0n) is 10.2. The summed E-state index contributed by atoms with van der Waals surface area (Å²) >= 11 is 3.13. The highest BCUT2D eigenvalue weighted by Gasteiger charge is 2.13. The van der Waals surface area contributed by atoms with Crippen LogP contribution in [0, 0.1) is 11.6 Å². The average molecular weight is 342 g/mol. The van der Waals surface area contributed by atoms with Crippen molar-refractivity contribution in [2.45, 2.75) is 6.61 Å². The van der Waals surface area contributed by atoms with E-state index in [9.17, 15) is 13.6 Å². The number of carbonyl (C=O) groups excluding carboxylic acids is 1. The quantitative estimate of drug-likeness (QED) is 0.684. The Morgan fingerprint density at radius 2 is 1.95 bits per heavy atom. The molecule has 0 atom stereocenters. The predicted octanol–water partition coefficient (Wildman–Crippen LogP) is 3.67. The van der Waals surface area contributed by atoms with Crippen LogP contribution in [0.3, 0.4) is 0 Å². The lowest BCUT2D eigenvalue weighted by Crippen LogP contribution is -2.08. The van der Waals surface area contributed by atoms with Crippen LogP contribution in [0.1, 0.15) is 15.9 Å². The van der Waals surface area contributed by atoms with Crippen LogP contribution in [-0.2, 0) is 11.3 Å². The maximum absolute atomic E-state index is 13.5. The second-order valence-corrected chi connectivity index (χ2v) is 5.01. The van der Waals surface area contributed by atoms with Crippen molar-refractivity contribution in [1.29, 1.82) is 0 Å². The van der Waals surface area contributed by atoms with Gasteiger partial charge in [0.15, 0.2) is 0 Å². The summed E-state index contributed by atoms with van der Waals surface area (Å²) in [5, 5.41) is 0. The number of halogens is 3. The number of hydrogen-bond acceptors (Lipinski definition) is 3. The predicted molar refractivity (Wildman–Crippen MR) is 74.0 cm³/mol. The van der Waals surface area contributed by atoms with Crippen LogP contribution in [-0.4, -0.2) is 5.97 Å². The summed E-state index contributed by atoms with van der Waals surface area (Å²) in [5.41, 5.74) is 5.85. The Bertz CT molecular complexity index is 641. The molecule has 0 fully saturated rings. The number of carbonyl (C=O) groups is 1. The molecule has 2 rings (SSSR count). The Morgan fingerprint density at radius 1 is 1.20 bits per heavy atom. The van der Waals surface area contributed by atoms with Crippen LogP contribution in [0.25, 0.3) is 0 Å². The summed E-state index contributed by atoms with van der Waals surface area (Å²) in [4.78, 5) is 11.7. The Hall–Kier alpha value is -1.95. The van der Waals surface area contributed by atoms with Crippen molar-refractivity contribution >= 4 is 27.6 Å². The van der Waals surface area contributed by atoms with Crippen LogP contribution in [0.5, 0.6) is 0 Å². The number of nitrogen functional groups attached to an aromatic ring is 1. The highest BCUT2D eigenvalue weighted by Crippen LogP contribution is 2.17. The third-order valence-electron chi connectivity index (χ3n) is 2.51. The lowest BCUT2D eigenvalue weighted by atomic mass is 10.2. The Balaban J connectivity index is 2.08. The Kier molecular flexibility index (Phi) is 4.34. The SMILES string of the molecule is Nc1ccc(C(=O)OCc2cc(F)cc(Br)c2)c(F)c1. The standard InChI is InChI=1S/C14H10BrF2NO2/c15-9-3-8(4-10(16)5-9)7-20-14(19)12-2-1-11(18)6-13(12)17/h1-6H,7,18H2. The van der Waals surface area contributed by atoms with Crippen LogP contribution in [0.15, 0.2) is 40.9 Å². The van der Waals surface area contributed by atoms with E-state index in [4.69, 9.17) is 10.5 Å². The third kappa shape index (κ3) is 3.54. The molecule has 0 saturated carbocycles. The van der Waals surface area contributed by atoms with Crippen molar-refractivity contribution in [3.8, 4) is 0 Å². The maximum atomic E-state index is 13.5. The van der Waals surface area contributed by atoms with Gasteiger partial charge in [-0.2, -0.15) is 0 Å². The van der Waals surface area contributed by atoms with Gasteiger partial charge in [-0.25, -0.2) is 13.6 Å². The molecule has 0 amide bonds. The Labute approximate surface area is 122 Å². The number of ether oxygens (including phenoxy) is 1. The van der Waals surface area contributed by atoms with Gasteiger partial charge in [0.25, 0.3) is 0 Å². The Morgan fingerprint density at radius 3 is 2.60 bits per heavy atom. The van der Waals surface area contributed by atoms with Gasteiger partial charge in [-0.05, 0) is 42.0 Å². The van der Waals surface area contributed by atoms with Gasteiger partial charge in [0, 0.05) is 10.2 Å². The molecular formula is C14H10BrF2NO2. The van der Waals surface area contributed by atoms with Crippen LogP contribution in [0.4, 0.5) is 14.5 Å². The lowest BCUT2D eigenvalue weighted by Gasteiger charge is -2.07. The number of benzene rings is 2. The molecule has 20 heavy (non-hydrogen) atoms. The summed E-state index contributed by atoms with van der Waals surface area (Å²) in [6.07, 6.45) is 0. The second kappa shape index (κ2) is 6.00. The highest BCUT2D eigenvalue weighted by atomic mass is 79.9. The van der Waals surface area contributed by atoms with Gasteiger partial charge in [-0.3, -0.25) is 0 Å². The van der Waals surface area contributed by atoms with Gasteiger partial charge in [-0.15, -0.1) is 0 Å². The number of nitrogens with two attached hydrogens (primary N) is 1. The van der Waals surface area contributed by atoms with E-state index < -0.39 is 17.6 Å². The van der Waals surface area contributed by atoms with Crippen molar-refractivity contribution in [2.24, 2.45) is 0 Å². The molecular weight excluding hydrogens is 332 g/mol. The third-order valence-corrected chi connectivity index (χ3v) is 2.96. The van der Waals surface area contributed by atoms with Crippen molar-refractivity contribution in [1.82, 2.24) is 0 Å². The zero-order valence-corrected chi connectivity index (χ0v) is 11.8. The van der Waals surface area contributed by atoms with Crippen molar-refractivity contribution in [2.75, 3.05) is 5.73 Å². The van der Waals surface area contributed by atoms with E-state index in [1.165, 1.54) is 24.3 Å².